The quantitative estimate of drug-likeness (QED) is 0.773. The van der Waals surface area contributed by atoms with E-state index in [1.165, 1.54) is 17.0 Å². The Morgan fingerprint density at radius 2 is 2.50 bits per heavy atom. The van der Waals surface area contributed by atoms with Gasteiger partial charge in [0.15, 0.2) is 0 Å². The normalized spacial score (nSPS) is 25.9. The number of halogens is 1. The third-order valence-electron chi connectivity index (χ3n) is 3.41. The molecular formula is C12H18ClNOS. The van der Waals surface area contributed by atoms with E-state index in [9.17, 15) is 0 Å². The molecule has 0 aliphatic carbocycles. The SMILES string of the molecule is Cc1ncsc1CCC1(CCl)CCCOC1. The van der Waals surface area contributed by atoms with Crippen LogP contribution in [-0.2, 0) is 11.2 Å². The standard InChI is InChI=1S/C12H18ClNOS/c1-10-11(16-9-14-10)3-5-12(7-13)4-2-6-15-8-12/h9H,2-8H2,1H3. The lowest BCUT2D eigenvalue weighted by atomic mass is 9.80. The maximum Gasteiger partial charge on any atom is 0.0797 e. The van der Waals surface area contributed by atoms with Crippen LogP contribution in [0.5, 0.6) is 0 Å². The molecule has 1 atom stereocenters. The number of rotatable bonds is 4. The summed E-state index contributed by atoms with van der Waals surface area (Å²) in [5.41, 5.74) is 3.30. The molecule has 2 nitrogen and oxygen atoms in total. The molecule has 4 heteroatoms. The Bertz CT molecular complexity index is 334. The van der Waals surface area contributed by atoms with Gasteiger partial charge in [-0.05, 0) is 32.6 Å². The van der Waals surface area contributed by atoms with Crippen molar-refractivity contribution in [2.75, 3.05) is 19.1 Å². The van der Waals surface area contributed by atoms with Crippen LogP contribution in [0.2, 0.25) is 0 Å². The molecule has 0 aromatic carbocycles. The Labute approximate surface area is 106 Å². The minimum Gasteiger partial charge on any atom is -0.381 e. The molecule has 90 valence electrons. The molecule has 0 radical (unpaired) electrons. The highest BCUT2D eigenvalue weighted by atomic mass is 35.5. The van der Waals surface area contributed by atoms with Gasteiger partial charge in [-0.15, -0.1) is 22.9 Å². The van der Waals surface area contributed by atoms with Gasteiger partial charge in [0.2, 0.25) is 0 Å². The van der Waals surface area contributed by atoms with Crippen LogP contribution in [0.3, 0.4) is 0 Å². The average Bonchev–Trinajstić information content (AvgIpc) is 2.74. The number of nitrogens with zero attached hydrogens (tertiary/aromatic N) is 1. The second kappa shape index (κ2) is 5.48. The molecule has 0 bridgehead atoms. The topological polar surface area (TPSA) is 22.1 Å². The molecule has 0 saturated carbocycles. The van der Waals surface area contributed by atoms with Crippen LogP contribution in [0.15, 0.2) is 5.51 Å². The van der Waals surface area contributed by atoms with E-state index in [4.69, 9.17) is 16.3 Å². The van der Waals surface area contributed by atoms with Crippen molar-refractivity contribution in [1.29, 1.82) is 0 Å². The molecule has 0 N–H and O–H groups in total. The summed E-state index contributed by atoms with van der Waals surface area (Å²) in [6, 6.07) is 0. The third kappa shape index (κ3) is 2.76. The van der Waals surface area contributed by atoms with Gasteiger partial charge in [-0.25, -0.2) is 4.98 Å². The van der Waals surface area contributed by atoms with Crippen LogP contribution >= 0.6 is 22.9 Å². The highest BCUT2D eigenvalue weighted by Gasteiger charge is 2.31. The Hall–Kier alpha value is -0.120. The Kier molecular flexibility index (Phi) is 4.22. The van der Waals surface area contributed by atoms with Crippen molar-refractivity contribution in [1.82, 2.24) is 4.98 Å². The van der Waals surface area contributed by atoms with Crippen molar-refractivity contribution in [3.8, 4) is 0 Å². The Morgan fingerprint density at radius 1 is 1.62 bits per heavy atom. The van der Waals surface area contributed by atoms with Gasteiger partial charge in [0, 0.05) is 22.8 Å². The largest absolute Gasteiger partial charge is 0.381 e. The van der Waals surface area contributed by atoms with Crippen molar-refractivity contribution < 1.29 is 4.74 Å². The van der Waals surface area contributed by atoms with E-state index >= 15 is 0 Å². The highest BCUT2D eigenvalue weighted by molar-refractivity contribution is 7.09. The van der Waals surface area contributed by atoms with Crippen LogP contribution in [0, 0.1) is 12.3 Å². The maximum absolute atomic E-state index is 6.12. The summed E-state index contributed by atoms with van der Waals surface area (Å²) in [5, 5.41) is 0. The molecule has 2 rings (SSSR count). The molecule has 2 heterocycles. The number of thiazole rings is 1. The zero-order valence-corrected chi connectivity index (χ0v) is 11.2. The summed E-state index contributed by atoms with van der Waals surface area (Å²) in [6.07, 6.45) is 4.56. The number of aromatic nitrogens is 1. The van der Waals surface area contributed by atoms with E-state index in [0.717, 1.165) is 32.5 Å². The molecule has 1 aromatic heterocycles. The smallest absolute Gasteiger partial charge is 0.0797 e. The van der Waals surface area contributed by atoms with Gasteiger partial charge < -0.3 is 4.74 Å². The third-order valence-corrected chi connectivity index (χ3v) is 4.98. The molecular weight excluding hydrogens is 242 g/mol. The van der Waals surface area contributed by atoms with Gasteiger partial charge >= 0.3 is 0 Å². The fourth-order valence-electron chi connectivity index (χ4n) is 2.22. The molecule has 16 heavy (non-hydrogen) atoms. The Morgan fingerprint density at radius 3 is 3.06 bits per heavy atom. The van der Waals surface area contributed by atoms with Crippen molar-refractivity contribution in [2.24, 2.45) is 5.41 Å². The van der Waals surface area contributed by atoms with Crippen molar-refractivity contribution in [2.45, 2.75) is 32.6 Å². The molecule has 1 saturated heterocycles. The van der Waals surface area contributed by atoms with Crippen molar-refractivity contribution >= 4 is 22.9 Å². The lowest BCUT2D eigenvalue weighted by molar-refractivity contribution is 0.000349. The molecule has 1 unspecified atom stereocenters. The minimum absolute atomic E-state index is 0.205. The van der Waals surface area contributed by atoms with Crippen LogP contribution in [0.25, 0.3) is 0 Å². The minimum atomic E-state index is 0.205. The van der Waals surface area contributed by atoms with Gasteiger partial charge in [0.05, 0.1) is 17.8 Å². The second-order valence-electron chi connectivity index (χ2n) is 4.65. The number of aryl methyl sites for hydroxylation is 2. The lowest BCUT2D eigenvalue weighted by Gasteiger charge is -2.35. The number of hydrogen-bond donors (Lipinski definition) is 0. The summed E-state index contributed by atoms with van der Waals surface area (Å²) in [4.78, 5) is 5.68. The first kappa shape index (κ1) is 12.3. The van der Waals surface area contributed by atoms with E-state index < -0.39 is 0 Å². The first-order valence-electron chi connectivity index (χ1n) is 5.78. The molecule has 0 spiro atoms. The monoisotopic (exact) mass is 259 g/mol. The van der Waals surface area contributed by atoms with E-state index in [2.05, 4.69) is 11.9 Å². The predicted octanol–water partition coefficient (Wildman–Crippen LogP) is 3.42. The van der Waals surface area contributed by atoms with Crippen LogP contribution in [0.1, 0.15) is 29.8 Å². The van der Waals surface area contributed by atoms with E-state index in [1.54, 1.807) is 11.3 Å². The van der Waals surface area contributed by atoms with Gasteiger partial charge in [0.1, 0.15) is 0 Å². The molecule has 0 amide bonds. The summed E-state index contributed by atoms with van der Waals surface area (Å²) in [5.74, 6) is 0.713. The molecule has 1 aliphatic heterocycles. The molecule has 1 aromatic rings. The molecule has 1 aliphatic rings. The maximum atomic E-state index is 6.12. The van der Waals surface area contributed by atoms with Crippen LogP contribution in [0.4, 0.5) is 0 Å². The summed E-state index contributed by atoms with van der Waals surface area (Å²) < 4.78 is 5.58. The first-order chi connectivity index (χ1) is 7.76. The predicted molar refractivity (Wildman–Crippen MR) is 68.4 cm³/mol. The average molecular weight is 260 g/mol. The second-order valence-corrected chi connectivity index (χ2v) is 5.86. The van der Waals surface area contributed by atoms with Crippen molar-refractivity contribution in [3.05, 3.63) is 16.1 Å². The van der Waals surface area contributed by atoms with Gasteiger partial charge in [-0.2, -0.15) is 0 Å². The van der Waals surface area contributed by atoms with Gasteiger partial charge in [0.25, 0.3) is 0 Å². The summed E-state index contributed by atoms with van der Waals surface area (Å²) in [6.45, 7) is 3.81. The number of hydrogen-bond acceptors (Lipinski definition) is 3. The number of ether oxygens (including phenoxy) is 1. The zero-order chi connectivity index (χ0) is 11.4. The van der Waals surface area contributed by atoms with Gasteiger partial charge in [-0.1, -0.05) is 0 Å². The number of alkyl halides is 1. The summed E-state index contributed by atoms with van der Waals surface area (Å²) >= 11 is 7.88. The van der Waals surface area contributed by atoms with Crippen LogP contribution in [-0.4, -0.2) is 24.1 Å². The molecule has 1 fully saturated rings. The fraction of sp³-hybridized carbons (Fsp3) is 0.750. The fourth-order valence-corrected chi connectivity index (χ4v) is 3.35. The van der Waals surface area contributed by atoms with Gasteiger partial charge in [-0.3, -0.25) is 0 Å². The van der Waals surface area contributed by atoms with E-state index in [-0.39, 0.29) is 5.41 Å². The zero-order valence-electron chi connectivity index (χ0n) is 9.67. The van der Waals surface area contributed by atoms with Crippen LogP contribution < -0.4 is 0 Å². The van der Waals surface area contributed by atoms with E-state index in [1.807, 2.05) is 5.51 Å². The summed E-state index contributed by atoms with van der Waals surface area (Å²) in [7, 11) is 0. The Balaban J connectivity index is 1.94. The lowest BCUT2D eigenvalue weighted by Crippen LogP contribution is -2.34. The highest BCUT2D eigenvalue weighted by Crippen LogP contribution is 2.35. The van der Waals surface area contributed by atoms with Crippen molar-refractivity contribution in [3.63, 3.8) is 0 Å². The first-order valence-corrected chi connectivity index (χ1v) is 7.20. The van der Waals surface area contributed by atoms with E-state index in [0.29, 0.717) is 5.88 Å².